The van der Waals surface area contributed by atoms with E-state index in [9.17, 15) is 4.39 Å². The van der Waals surface area contributed by atoms with E-state index in [1.54, 1.807) is 6.07 Å². The van der Waals surface area contributed by atoms with Gasteiger partial charge in [0.25, 0.3) is 0 Å². The van der Waals surface area contributed by atoms with Crippen molar-refractivity contribution in [3.63, 3.8) is 0 Å². The lowest BCUT2D eigenvalue weighted by Gasteiger charge is -2.08. The Bertz CT molecular complexity index is 321. The van der Waals surface area contributed by atoms with E-state index in [1.807, 2.05) is 12.1 Å². The molecule has 1 rings (SSSR count). The number of aliphatic hydroxyl groups is 1. The lowest BCUT2D eigenvalue weighted by atomic mass is 9.99. The van der Waals surface area contributed by atoms with Crippen LogP contribution in [0.5, 0.6) is 0 Å². The molecule has 0 saturated heterocycles. The summed E-state index contributed by atoms with van der Waals surface area (Å²) in [6, 6.07) is 5.52. The summed E-state index contributed by atoms with van der Waals surface area (Å²) in [6.07, 6.45) is 3.34. The Morgan fingerprint density at radius 2 is 2.00 bits per heavy atom. The summed E-state index contributed by atoms with van der Waals surface area (Å²) in [7, 11) is 0. The summed E-state index contributed by atoms with van der Waals surface area (Å²) < 4.78 is 13.7. The molecule has 0 aliphatic heterocycles. The van der Waals surface area contributed by atoms with E-state index in [2.05, 4.69) is 13.8 Å². The zero-order valence-corrected chi connectivity index (χ0v) is 10.2. The van der Waals surface area contributed by atoms with Gasteiger partial charge >= 0.3 is 0 Å². The molecule has 0 aliphatic carbocycles. The number of unbranched alkanes of at least 4 members (excludes halogenated alkanes) is 1. The van der Waals surface area contributed by atoms with E-state index in [1.165, 1.54) is 0 Å². The lowest BCUT2D eigenvalue weighted by Crippen LogP contribution is -1.99. The number of rotatable bonds is 6. The van der Waals surface area contributed by atoms with Gasteiger partial charge in [-0.2, -0.15) is 0 Å². The van der Waals surface area contributed by atoms with Crippen molar-refractivity contribution < 1.29 is 9.50 Å². The molecule has 16 heavy (non-hydrogen) atoms. The van der Waals surface area contributed by atoms with E-state index in [4.69, 9.17) is 5.11 Å². The number of aliphatic hydroxyl groups excluding tert-OH is 1. The van der Waals surface area contributed by atoms with Gasteiger partial charge in [-0.3, -0.25) is 0 Å². The van der Waals surface area contributed by atoms with Crippen LogP contribution in [0.2, 0.25) is 0 Å². The number of hydrogen-bond donors (Lipinski definition) is 1. The first-order valence-electron chi connectivity index (χ1n) is 6.01. The second kappa shape index (κ2) is 6.64. The summed E-state index contributed by atoms with van der Waals surface area (Å²) in [5.41, 5.74) is 1.83. The maximum Gasteiger partial charge on any atom is 0.126 e. The van der Waals surface area contributed by atoms with Gasteiger partial charge in [0.05, 0.1) is 0 Å². The van der Waals surface area contributed by atoms with Crippen molar-refractivity contribution >= 4 is 0 Å². The highest BCUT2D eigenvalue weighted by Gasteiger charge is 2.05. The van der Waals surface area contributed by atoms with E-state index in [0.29, 0.717) is 5.92 Å². The van der Waals surface area contributed by atoms with Crippen LogP contribution in [0.25, 0.3) is 0 Å². The first-order valence-corrected chi connectivity index (χ1v) is 6.01. The average Bonchev–Trinajstić information content (AvgIpc) is 2.22. The maximum atomic E-state index is 13.7. The molecule has 1 nitrogen and oxygen atoms in total. The van der Waals surface area contributed by atoms with Crippen LogP contribution in [-0.4, -0.2) is 11.7 Å². The third-order valence-corrected chi connectivity index (χ3v) is 2.62. The fourth-order valence-electron chi connectivity index (χ4n) is 1.79. The lowest BCUT2D eigenvalue weighted by molar-refractivity contribution is 0.284. The quantitative estimate of drug-likeness (QED) is 0.735. The standard InChI is InChI=1S/C14H21FO/c1-11(2)9-13-7-6-12(10-14(13)15)5-3-4-8-16/h6-7,10-11,16H,3-5,8-9H2,1-2H3. The second-order valence-corrected chi connectivity index (χ2v) is 4.70. The van der Waals surface area contributed by atoms with Crippen LogP contribution in [0.4, 0.5) is 4.39 Å². The van der Waals surface area contributed by atoms with Crippen LogP contribution in [0.15, 0.2) is 18.2 Å². The predicted molar refractivity (Wildman–Crippen MR) is 65.0 cm³/mol. The Morgan fingerprint density at radius 3 is 2.56 bits per heavy atom. The molecule has 0 saturated carbocycles. The predicted octanol–water partition coefficient (Wildman–Crippen LogP) is 3.34. The molecule has 0 spiro atoms. The van der Waals surface area contributed by atoms with Crippen LogP contribution in [0.1, 0.15) is 37.8 Å². The van der Waals surface area contributed by atoms with Crippen molar-refractivity contribution in [2.45, 2.75) is 39.5 Å². The van der Waals surface area contributed by atoms with Crippen LogP contribution in [0.3, 0.4) is 0 Å². The van der Waals surface area contributed by atoms with E-state index >= 15 is 0 Å². The second-order valence-electron chi connectivity index (χ2n) is 4.70. The van der Waals surface area contributed by atoms with Gasteiger partial charge in [0.2, 0.25) is 0 Å². The molecule has 90 valence electrons. The minimum atomic E-state index is -0.0878. The Morgan fingerprint density at radius 1 is 1.25 bits per heavy atom. The Hall–Kier alpha value is -0.890. The smallest absolute Gasteiger partial charge is 0.126 e. The van der Waals surface area contributed by atoms with Crippen LogP contribution < -0.4 is 0 Å². The molecule has 0 bridgehead atoms. The monoisotopic (exact) mass is 224 g/mol. The fraction of sp³-hybridized carbons (Fsp3) is 0.571. The van der Waals surface area contributed by atoms with Crippen molar-refractivity contribution in [3.8, 4) is 0 Å². The van der Waals surface area contributed by atoms with Crippen LogP contribution in [-0.2, 0) is 12.8 Å². The number of benzene rings is 1. The molecular formula is C14H21FO. The first-order chi connectivity index (χ1) is 7.63. The molecule has 1 aromatic carbocycles. The van der Waals surface area contributed by atoms with Gasteiger partial charge in [-0.1, -0.05) is 26.0 Å². The molecule has 1 aromatic rings. The van der Waals surface area contributed by atoms with Gasteiger partial charge < -0.3 is 5.11 Å². The molecule has 0 aliphatic rings. The Labute approximate surface area is 97.3 Å². The molecule has 0 aromatic heterocycles. The number of hydrogen-bond acceptors (Lipinski definition) is 1. The molecule has 2 heteroatoms. The number of aryl methyl sites for hydroxylation is 1. The number of halogens is 1. The van der Waals surface area contributed by atoms with Crippen molar-refractivity contribution in [2.75, 3.05) is 6.61 Å². The van der Waals surface area contributed by atoms with Gasteiger partial charge in [0.15, 0.2) is 0 Å². The molecule has 0 unspecified atom stereocenters. The maximum absolute atomic E-state index is 13.7. The first kappa shape index (κ1) is 13.2. The van der Waals surface area contributed by atoms with E-state index < -0.39 is 0 Å². The van der Waals surface area contributed by atoms with Gasteiger partial charge in [0, 0.05) is 6.61 Å². The summed E-state index contributed by atoms with van der Waals surface area (Å²) >= 11 is 0. The third-order valence-electron chi connectivity index (χ3n) is 2.62. The molecule has 0 heterocycles. The summed E-state index contributed by atoms with van der Waals surface area (Å²) in [6.45, 7) is 4.40. The van der Waals surface area contributed by atoms with E-state index in [-0.39, 0.29) is 12.4 Å². The largest absolute Gasteiger partial charge is 0.396 e. The summed E-state index contributed by atoms with van der Waals surface area (Å²) in [4.78, 5) is 0. The highest BCUT2D eigenvalue weighted by molar-refractivity contribution is 5.24. The Balaban J connectivity index is 2.60. The van der Waals surface area contributed by atoms with Crippen LogP contribution >= 0.6 is 0 Å². The molecule has 0 radical (unpaired) electrons. The summed E-state index contributed by atoms with van der Waals surface area (Å²) in [5, 5.41) is 8.67. The molecular weight excluding hydrogens is 203 g/mol. The minimum Gasteiger partial charge on any atom is -0.396 e. The van der Waals surface area contributed by atoms with Crippen molar-refractivity contribution in [1.82, 2.24) is 0 Å². The molecule has 0 atom stereocenters. The summed E-state index contributed by atoms with van der Waals surface area (Å²) in [5.74, 6) is 0.393. The topological polar surface area (TPSA) is 20.2 Å². The molecule has 1 N–H and O–H groups in total. The van der Waals surface area contributed by atoms with Gasteiger partial charge in [0.1, 0.15) is 5.82 Å². The molecule has 0 fully saturated rings. The van der Waals surface area contributed by atoms with Crippen LogP contribution in [0, 0.1) is 11.7 Å². The fourth-order valence-corrected chi connectivity index (χ4v) is 1.79. The minimum absolute atomic E-state index is 0.0878. The van der Waals surface area contributed by atoms with Gasteiger partial charge in [-0.15, -0.1) is 0 Å². The highest BCUT2D eigenvalue weighted by Crippen LogP contribution is 2.16. The SMILES string of the molecule is CC(C)Cc1ccc(CCCCO)cc1F. The van der Waals surface area contributed by atoms with Gasteiger partial charge in [-0.05, 0) is 48.8 Å². The Kier molecular flexibility index (Phi) is 5.47. The highest BCUT2D eigenvalue weighted by atomic mass is 19.1. The van der Waals surface area contributed by atoms with Gasteiger partial charge in [-0.25, -0.2) is 4.39 Å². The normalized spacial score (nSPS) is 11.1. The van der Waals surface area contributed by atoms with Crippen molar-refractivity contribution in [1.29, 1.82) is 0 Å². The third kappa shape index (κ3) is 4.31. The van der Waals surface area contributed by atoms with E-state index in [0.717, 1.165) is 36.8 Å². The van der Waals surface area contributed by atoms with Crippen molar-refractivity contribution in [2.24, 2.45) is 5.92 Å². The average molecular weight is 224 g/mol. The molecule has 0 amide bonds. The zero-order valence-electron chi connectivity index (χ0n) is 10.2. The van der Waals surface area contributed by atoms with Crippen molar-refractivity contribution in [3.05, 3.63) is 35.1 Å². The zero-order chi connectivity index (χ0) is 12.0.